The lowest BCUT2D eigenvalue weighted by molar-refractivity contribution is -0.161. The summed E-state index contributed by atoms with van der Waals surface area (Å²) in [5, 5.41) is 0. The lowest BCUT2D eigenvalue weighted by atomic mass is 10.8. The molecule has 0 radical (unpaired) electrons. The Hall–Kier alpha value is 0.250. The van der Waals surface area contributed by atoms with E-state index in [1.807, 2.05) is 8.93 Å². The van der Waals surface area contributed by atoms with Gasteiger partial charge in [-0.3, -0.25) is 8.99 Å². The van der Waals surface area contributed by atoms with E-state index in [-0.39, 0.29) is 0 Å². The molecule has 0 aliphatic carbocycles. The number of rotatable bonds is 1. The molecule has 0 heterocycles. The van der Waals surface area contributed by atoms with Crippen LogP contribution in [0.5, 0.6) is 0 Å². The maximum Gasteiger partial charge on any atom is 0.454 e. The SMILES string of the molecule is O=C(P(F)[PH-])C(F)(F)F. The van der Waals surface area contributed by atoms with Crippen LogP contribution in [-0.2, 0) is 4.79 Å². The minimum Gasteiger partial charge on any atom is -0.482 e. The molecule has 0 N–H and O–H groups in total. The number of carbonyl (C=O) groups is 1. The number of hydrogen-bond acceptors (Lipinski definition) is 1. The summed E-state index contributed by atoms with van der Waals surface area (Å²) in [6, 6.07) is 0. The van der Waals surface area contributed by atoms with Crippen LogP contribution in [-0.4, -0.2) is 11.7 Å². The lowest BCUT2D eigenvalue weighted by Gasteiger charge is -2.09. The molecular formula is C2HF4OP2-. The van der Waals surface area contributed by atoms with Gasteiger partial charge in [-0.15, -0.1) is 0 Å². The van der Waals surface area contributed by atoms with E-state index in [2.05, 4.69) is 0 Å². The first-order valence-corrected chi connectivity index (χ1v) is 4.21. The Kier molecular flexibility index (Phi) is 2.97. The first-order valence-electron chi connectivity index (χ1n) is 1.64. The van der Waals surface area contributed by atoms with Crippen molar-refractivity contribution in [1.29, 1.82) is 0 Å². The van der Waals surface area contributed by atoms with Gasteiger partial charge in [-0.25, -0.2) is 0 Å². The molecule has 1 nitrogen and oxygen atoms in total. The van der Waals surface area contributed by atoms with E-state index in [9.17, 15) is 22.2 Å². The van der Waals surface area contributed by atoms with Crippen LogP contribution in [0, 0.1) is 0 Å². The van der Waals surface area contributed by atoms with E-state index in [0.717, 1.165) is 0 Å². The highest BCUT2D eigenvalue weighted by atomic mass is 32.0. The van der Waals surface area contributed by atoms with Gasteiger partial charge in [0.2, 0.25) is 0 Å². The molecule has 0 aromatic heterocycles. The summed E-state index contributed by atoms with van der Waals surface area (Å²) >= 11 is 0. The zero-order chi connectivity index (χ0) is 7.65. The Morgan fingerprint density at radius 2 is 1.78 bits per heavy atom. The topological polar surface area (TPSA) is 17.1 Å². The molecule has 0 fully saturated rings. The van der Waals surface area contributed by atoms with E-state index in [4.69, 9.17) is 0 Å². The summed E-state index contributed by atoms with van der Waals surface area (Å²) in [4.78, 5) is 9.64. The van der Waals surface area contributed by atoms with Crippen molar-refractivity contribution in [2.75, 3.05) is 0 Å². The first-order chi connectivity index (χ1) is 3.85. The van der Waals surface area contributed by atoms with E-state index in [0.29, 0.717) is 0 Å². The Bertz CT molecular complexity index is 118. The zero-order valence-corrected chi connectivity index (χ0v) is 5.76. The Morgan fingerprint density at radius 3 is 1.78 bits per heavy atom. The minimum absolute atomic E-state index is 1.95. The second-order valence-electron chi connectivity index (χ2n) is 1.08. The average molecular weight is 179 g/mol. The smallest absolute Gasteiger partial charge is 0.454 e. The third kappa shape index (κ3) is 3.07. The number of alkyl halides is 3. The standard InChI is InChI=1S/C2HF4OP2/c3-2(4,5)1(7)9(6)8/h8H/q-1. The average Bonchev–Trinajstić information content (AvgIpc) is 1.62. The molecule has 0 aliphatic rings. The van der Waals surface area contributed by atoms with Crippen LogP contribution in [0.25, 0.3) is 0 Å². The summed E-state index contributed by atoms with van der Waals surface area (Å²) in [6.07, 6.45) is -5.05. The van der Waals surface area contributed by atoms with E-state index in [1.165, 1.54) is 0 Å². The molecule has 0 saturated heterocycles. The van der Waals surface area contributed by atoms with Gasteiger partial charge in [-0.1, -0.05) is 0 Å². The van der Waals surface area contributed by atoms with Gasteiger partial charge in [0.25, 0.3) is 5.52 Å². The first kappa shape index (κ1) is 9.25. The summed E-state index contributed by atoms with van der Waals surface area (Å²) in [5.41, 5.74) is -2.35. The molecule has 0 rings (SSSR count). The monoisotopic (exact) mass is 179 g/mol. The van der Waals surface area contributed by atoms with Crippen LogP contribution in [0.15, 0.2) is 0 Å². The van der Waals surface area contributed by atoms with Gasteiger partial charge in [0, 0.05) is 0 Å². The highest BCUT2D eigenvalue weighted by Crippen LogP contribution is 2.51. The molecule has 54 valence electrons. The van der Waals surface area contributed by atoms with Crippen LogP contribution in [0.2, 0.25) is 0 Å². The molecule has 0 aromatic rings. The van der Waals surface area contributed by atoms with Gasteiger partial charge in [-0.2, -0.15) is 13.2 Å². The highest BCUT2D eigenvalue weighted by molar-refractivity contribution is 8.19. The predicted molar refractivity (Wildman–Crippen MR) is 27.4 cm³/mol. The Morgan fingerprint density at radius 1 is 1.44 bits per heavy atom. The third-order valence-electron chi connectivity index (χ3n) is 0.421. The maximum atomic E-state index is 11.5. The molecule has 0 bridgehead atoms. The fraction of sp³-hybridized carbons (Fsp3) is 0.500. The van der Waals surface area contributed by atoms with Gasteiger partial charge >= 0.3 is 6.18 Å². The molecule has 1 atom stereocenters. The Labute approximate surface area is 51.8 Å². The van der Waals surface area contributed by atoms with Crippen molar-refractivity contribution in [3.63, 3.8) is 0 Å². The van der Waals surface area contributed by atoms with Crippen molar-refractivity contribution in [2.45, 2.75) is 6.18 Å². The van der Waals surface area contributed by atoms with E-state index >= 15 is 0 Å². The number of carbonyl (C=O) groups excluding carboxylic acids is 1. The van der Waals surface area contributed by atoms with Gasteiger partial charge in [0.1, 0.15) is 0 Å². The van der Waals surface area contributed by atoms with Crippen LogP contribution < -0.4 is 0 Å². The normalized spacial score (nSPS) is 15.2. The van der Waals surface area contributed by atoms with Crippen molar-refractivity contribution in [1.82, 2.24) is 0 Å². The fourth-order valence-electron chi connectivity index (χ4n) is 0.111. The molecule has 0 aliphatic heterocycles. The van der Waals surface area contributed by atoms with Crippen LogP contribution in [0.4, 0.5) is 17.4 Å². The summed E-state index contributed by atoms with van der Waals surface area (Å²) in [6.45, 7) is 0. The minimum atomic E-state index is -5.05. The second kappa shape index (κ2) is 2.89. The van der Waals surface area contributed by atoms with Crippen LogP contribution in [0.3, 0.4) is 0 Å². The Balaban J connectivity index is 4.06. The highest BCUT2D eigenvalue weighted by Gasteiger charge is 2.39. The molecule has 1 unspecified atom stereocenters. The van der Waals surface area contributed by atoms with Crippen LogP contribution >= 0.6 is 16.8 Å². The van der Waals surface area contributed by atoms with Crippen molar-refractivity contribution in [3.05, 3.63) is 0 Å². The molecule has 0 aromatic carbocycles. The molecule has 7 heteroatoms. The van der Waals surface area contributed by atoms with Crippen molar-refractivity contribution >= 4 is 22.4 Å². The predicted octanol–water partition coefficient (Wildman–Crippen LogP) is 2.50. The van der Waals surface area contributed by atoms with Gasteiger partial charge in [-0.05, 0) is 7.92 Å². The van der Waals surface area contributed by atoms with Crippen LogP contribution in [0.1, 0.15) is 0 Å². The lowest BCUT2D eigenvalue weighted by Crippen LogP contribution is -2.18. The third-order valence-corrected chi connectivity index (χ3v) is 1.64. The molecule has 0 saturated carbocycles. The van der Waals surface area contributed by atoms with Crippen molar-refractivity contribution in [3.8, 4) is 0 Å². The van der Waals surface area contributed by atoms with Crippen molar-refractivity contribution in [2.24, 2.45) is 0 Å². The molecular weight excluding hydrogens is 178 g/mol. The molecule has 0 spiro atoms. The van der Waals surface area contributed by atoms with E-state index in [1.54, 1.807) is 0 Å². The zero-order valence-electron chi connectivity index (χ0n) is 3.87. The van der Waals surface area contributed by atoms with Crippen molar-refractivity contribution < 1.29 is 22.2 Å². The van der Waals surface area contributed by atoms with E-state index < -0.39 is 19.6 Å². The largest absolute Gasteiger partial charge is 0.482 e. The quantitative estimate of drug-likeness (QED) is 0.446. The second-order valence-corrected chi connectivity index (χ2v) is 3.23. The molecule has 9 heavy (non-hydrogen) atoms. The number of halogens is 4. The summed E-state index contributed by atoms with van der Waals surface area (Å²) in [5.74, 6) is 0. The number of hydrogen-bond donors (Lipinski definition) is 0. The molecule has 0 amide bonds. The fourth-order valence-corrected chi connectivity index (χ4v) is 0.714. The van der Waals surface area contributed by atoms with Gasteiger partial charge in [0.15, 0.2) is 0 Å². The summed E-state index contributed by atoms with van der Waals surface area (Å²) < 4.78 is 44.8. The maximum absolute atomic E-state index is 11.5. The van der Waals surface area contributed by atoms with Gasteiger partial charge in [0.05, 0.1) is 0 Å². The summed E-state index contributed by atoms with van der Waals surface area (Å²) in [7, 11) is -1.26. The van der Waals surface area contributed by atoms with Gasteiger partial charge < -0.3 is 8.93 Å².